The summed E-state index contributed by atoms with van der Waals surface area (Å²) in [5.74, 6) is 1.52. The van der Waals surface area contributed by atoms with Crippen LogP contribution in [0.5, 0.6) is 17.4 Å². The third-order valence-electron chi connectivity index (χ3n) is 3.39. The summed E-state index contributed by atoms with van der Waals surface area (Å²) >= 11 is 0. The molecule has 0 amide bonds. The van der Waals surface area contributed by atoms with E-state index in [0.29, 0.717) is 42.6 Å². The zero-order valence-corrected chi connectivity index (χ0v) is 14.2. The van der Waals surface area contributed by atoms with Crippen LogP contribution < -0.4 is 9.47 Å². The van der Waals surface area contributed by atoms with Crippen LogP contribution in [0, 0.1) is 17.0 Å². The first-order chi connectivity index (χ1) is 12.0. The Morgan fingerprint density at radius 1 is 1.32 bits per heavy atom. The van der Waals surface area contributed by atoms with E-state index in [0.717, 1.165) is 5.56 Å². The molecule has 1 aromatic carbocycles. The van der Waals surface area contributed by atoms with Crippen LogP contribution in [0.1, 0.15) is 11.1 Å². The van der Waals surface area contributed by atoms with Gasteiger partial charge in [-0.1, -0.05) is 12.1 Å². The van der Waals surface area contributed by atoms with E-state index in [1.807, 2.05) is 12.1 Å². The molecule has 0 radical (unpaired) electrons. The van der Waals surface area contributed by atoms with E-state index in [9.17, 15) is 10.1 Å². The first kappa shape index (κ1) is 18.4. The number of methoxy groups -OCH3 is 1. The van der Waals surface area contributed by atoms with Crippen molar-refractivity contribution in [2.45, 2.75) is 13.3 Å². The molecule has 0 atom stereocenters. The van der Waals surface area contributed by atoms with Gasteiger partial charge in [-0.3, -0.25) is 10.1 Å². The maximum Gasteiger partial charge on any atom is 0.288 e. The Morgan fingerprint density at radius 3 is 2.76 bits per heavy atom. The standard InChI is InChI=1S/C18H20N2O5/c1-4-5-14-6-7-16(24-9-8-23-3)11-17(14)25-18-13(2)10-15(12-19-18)20(21)22/h4,6-7,10-12H,1,5,8-9H2,2-3H3. The molecular formula is C18H20N2O5. The molecule has 7 nitrogen and oxygen atoms in total. The fourth-order valence-electron chi connectivity index (χ4n) is 2.14. The molecule has 0 unspecified atom stereocenters. The lowest BCUT2D eigenvalue weighted by molar-refractivity contribution is -0.385. The summed E-state index contributed by atoms with van der Waals surface area (Å²) in [4.78, 5) is 14.4. The number of nitro groups is 1. The van der Waals surface area contributed by atoms with Gasteiger partial charge in [-0.25, -0.2) is 4.98 Å². The van der Waals surface area contributed by atoms with Gasteiger partial charge in [0.1, 0.15) is 24.3 Å². The van der Waals surface area contributed by atoms with Crippen molar-refractivity contribution in [3.05, 3.63) is 64.4 Å². The molecule has 0 fully saturated rings. The second-order valence-corrected chi connectivity index (χ2v) is 5.28. The van der Waals surface area contributed by atoms with E-state index in [1.165, 1.54) is 12.3 Å². The molecule has 132 valence electrons. The molecule has 2 aromatic rings. The molecular weight excluding hydrogens is 324 g/mol. The van der Waals surface area contributed by atoms with Crippen LogP contribution >= 0.6 is 0 Å². The van der Waals surface area contributed by atoms with Gasteiger partial charge in [0.15, 0.2) is 0 Å². The molecule has 0 N–H and O–H groups in total. The van der Waals surface area contributed by atoms with E-state index in [2.05, 4.69) is 11.6 Å². The van der Waals surface area contributed by atoms with Gasteiger partial charge in [-0.05, 0) is 25.0 Å². The van der Waals surface area contributed by atoms with Gasteiger partial charge in [0.2, 0.25) is 5.88 Å². The number of ether oxygens (including phenoxy) is 3. The monoisotopic (exact) mass is 344 g/mol. The van der Waals surface area contributed by atoms with E-state index >= 15 is 0 Å². The third kappa shape index (κ3) is 5.02. The van der Waals surface area contributed by atoms with E-state index < -0.39 is 4.92 Å². The summed E-state index contributed by atoms with van der Waals surface area (Å²) in [6.07, 6.45) is 3.55. The largest absolute Gasteiger partial charge is 0.491 e. The fraction of sp³-hybridized carbons (Fsp3) is 0.278. The number of pyridine rings is 1. The second-order valence-electron chi connectivity index (χ2n) is 5.28. The Kier molecular flexibility index (Phi) is 6.47. The highest BCUT2D eigenvalue weighted by molar-refractivity contribution is 5.45. The summed E-state index contributed by atoms with van der Waals surface area (Å²) in [6.45, 7) is 6.35. The molecule has 0 saturated heterocycles. The minimum atomic E-state index is -0.489. The number of allylic oxidation sites excluding steroid dienone is 1. The summed E-state index contributed by atoms with van der Waals surface area (Å²) in [5, 5.41) is 10.8. The lowest BCUT2D eigenvalue weighted by Gasteiger charge is -2.13. The Bertz CT molecular complexity index is 761. The van der Waals surface area contributed by atoms with Gasteiger partial charge in [0, 0.05) is 24.8 Å². The summed E-state index contributed by atoms with van der Waals surface area (Å²) < 4.78 is 16.4. The SMILES string of the molecule is C=CCc1ccc(OCCOC)cc1Oc1ncc([N+](=O)[O-])cc1C. The van der Waals surface area contributed by atoms with E-state index in [1.54, 1.807) is 26.2 Å². The maximum atomic E-state index is 10.8. The van der Waals surface area contributed by atoms with Gasteiger partial charge in [0.05, 0.1) is 11.5 Å². The third-order valence-corrected chi connectivity index (χ3v) is 3.39. The topological polar surface area (TPSA) is 83.7 Å². The van der Waals surface area contributed by atoms with Crippen LogP contribution in [0.25, 0.3) is 0 Å². The number of rotatable bonds is 9. The molecule has 1 heterocycles. The lowest BCUT2D eigenvalue weighted by Crippen LogP contribution is -2.04. The molecule has 0 spiro atoms. The molecule has 0 bridgehead atoms. The number of benzene rings is 1. The van der Waals surface area contributed by atoms with Crippen LogP contribution in [0.15, 0.2) is 43.1 Å². The van der Waals surface area contributed by atoms with Crippen LogP contribution in [0.2, 0.25) is 0 Å². The number of hydrogen-bond acceptors (Lipinski definition) is 6. The molecule has 0 aliphatic heterocycles. The average Bonchev–Trinajstić information content (AvgIpc) is 2.59. The number of hydrogen-bond donors (Lipinski definition) is 0. The van der Waals surface area contributed by atoms with Crippen molar-refractivity contribution in [2.75, 3.05) is 20.3 Å². The Morgan fingerprint density at radius 2 is 2.12 bits per heavy atom. The van der Waals surface area contributed by atoms with Crippen LogP contribution in [0.4, 0.5) is 5.69 Å². The van der Waals surface area contributed by atoms with Gasteiger partial charge >= 0.3 is 0 Å². The zero-order chi connectivity index (χ0) is 18.2. The molecule has 0 aliphatic rings. The molecule has 1 aromatic heterocycles. The van der Waals surface area contributed by atoms with Crippen molar-refractivity contribution in [2.24, 2.45) is 0 Å². The summed E-state index contributed by atoms with van der Waals surface area (Å²) in [5.41, 5.74) is 1.41. The van der Waals surface area contributed by atoms with Gasteiger partial charge < -0.3 is 14.2 Å². The Balaban J connectivity index is 2.27. The number of aryl methyl sites for hydroxylation is 1. The van der Waals surface area contributed by atoms with Crippen molar-refractivity contribution in [3.8, 4) is 17.4 Å². The number of aromatic nitrogens is 1. The highest BCUT2D eigenvalue weighted by Crippen LogP contribution is 2.31. The van der Waals surface area contributed by atoms with E-state index in [-0.39, 0.29) is 5.69 Å². The van der Waals surface area contributed by atoms with Crippen molar-refractivity contribution in [3.63, 3.8) is 0 Å². The lowest BCUT2D eigenvalue weighted by atomic mass is 10.1. The molecule has 0 aliphatic carbocycles. The Labute approximate surface area is 146 Å². The smallest absolute Gasteiger partial charge is 0.288 e. The van der Waals surface area contributed by atoms with Gasteiger partial charge in [-0.2, -0.15) is 0 Å². The van der Waals surface area contributed by atoms with Crippen LogP contribution in [0.3, 0.4) is 0 Å². The maximum absolute atomic E-state index is 10.8. The highest BCUT2D eigenvalue weighted by atomic mass is 16.6. The first-order valence-corrected chi connectivity index (χ1v) is 7.69. The Hall–Kier alpha value is -2.93. The van der Waals surface area contributed by atoms with Gasteiger partial charge in [-0.15, -0.1) is 6.58 Å². The van der Waals surface area contributed by atoms with Crippen molar-refractivity contribution < 1.29 is 19.1 Å². The van der Waals surface area contributed by atoms with E-state index in [4.69, 9.17) is 14.2 Å². The predicted molar refractivity (Wildman–Crippen MR) is 93.4 cm³/mol. The average molecular weight is 344 g/mol. The van der Waals surface area contributed by atoms with Crippen molar-refractivity contribution >= 4 is 5.69 Å². The number of nitrogens with zero attached hydrogens (tertiary/aromatic N) is 2. The van der Waals surface area contributed by atoms with Crippen LogP contribution in [-0.2, 0) is 11.2 Å². The normalized spacial score (nSPS) is 10.3. The highest BCUT2D eigenvalue weighted by Gasteiger charge is 2.13. The summed E-state index contributed by atoms with van der Waals surface area (Å²) in [6, 6.07) is 6.92. The van der Waals surface area contributed by atoms with Crippen molar-refractivity contribution in [1.82, 2.24) is 4.98 Å². The molecule has 25 heavy (non-hydrogen) atoms. The minimum Gasteiger partial charge on any atom is -0.491 e. The quantitative estimate of drug-likeness (QED) is 0.297. The first-order valence-electron chi connectivity index (χ1n) is 7.69. The second kappa shape index (κ2) is 8.79. The molecule has 7 heteroatoms. The summed E-state index contributed by atoms with van der Waals surface area (Å²) in [7, 11) is 1.61. The zero-order valence-electron chi connectivity index (χ0n) is 14.2. The molecule has 2 rings (SSSR count). The predicted octanol–water partition coefficient (Wildman–Crippen LogP) is 3.84. The fourth-order valence-corrected chi connectivity index (χ4v) is 2.14. The van der Waals surface area contributed by atoms with Gasteiger partial charge in [0.25, 0.3) is 5.69 Å². The van der Waals surface area contributed by atoms with Crippen molar-refractivity contribution in [1.29, 1.82) is 0 Å². The van der Waals surface area contributed by atoms with Crippen LogP contribution in [-0.4, -0.2) is 30.2 Å². The minimum absolute atomic E-state index is 0.0761. The molecule has 0 saturated carbocycles.